The van der Waals surface area contributed by atoms with Gasteiger partial charge in [-0.05, 0) is 51.0 Å². The zero-order valence-electron chi connectivity index (χ0n) is 22.2. The number of amides is 3. The lowest BCUT2D eigenvalue weighted by molar-refractivity contribution is -0.142. The lowest BCUT2D eigenvalue weighted by Crippen LogP contribution is -2.58. The van der Waals surface area contributed by atoms with Crippen LogP contribution in [0.3, 0.4) is 0 Å². The van der Waals surface area contributed by atoms with Crippen LogP contribution >= 0.6 is 0 Å². The van der Waals surface area contributed by atoms with E-state index in [1.165, 1.54) is 0 Å². The maximum absolute atomic E-state index is 13.2. The van der Waals surface area contributed by atoms with E-state index in [9.17, 15) is 29.1 Å². The Morgan fingerprint density at radius 1 is 0.842 bits per heavy atom. The minimum absolute atomic E-state index is 0.0566. The van der Waals surface area contributed by atoms with Crippen molar-refractivity contribution in [1.29, 1.82) is 0 Å². The first kappa shape index (κ1) is 34.5. The molecule has 15 heteroatoms. The van der Waals surface area contributed by atoms with Gasteiger partial charge in [-0.1, -0.05) is 20.3 Å². The molecule has 0 heterocycles. The van der Waals surface area contributed by atoms with Gasteiger partial charge in [0.05, 0.1) is 6.04 Å². The third kappa shape index (κ3) is 14.3. The van der Waals surface area contributed by atoms with Crippen LogP contribution in [0, 0.1) is 5.92 Å². The van der Waals surface area contributed by atoms with Gasteiger partial charge in [0.25, 0.3) is 0 Å². The molecule has 218 valence electrons. The standard InChI is InChI=1S/C23H44N8O7/c1-3-13(2)18(31-19(34)14(25)9-10-17(32)33)21(36)29-15(7-4-5-11-24)20(35)30-16(22(37)38)8-6-12-28-23(26)27/h13-16,18H,3-12,24-25H2,1-2H3,(H,29,36)(H,30,35)(H,31,34)(H,32,33)(H,37,38)(H4,26,27,28). The number of carboxylic acid groups (broad SMARTS) is 2. The van der Waals surface area contributed by atoms with Crippen molar-refractivity contribution in [3.8, 4) is 0 Å². The zero-order valence-corrected chi connectivity index (χ0v) is 22.2. The molecule has 0 aromatic carbocycles. The minimum Gasteiger partial charge on any atom is -0.481 e. The predicted octanol–water partition coefficient (Wildman–Crippen LogP) is -2.05. The lowest BCUT2D eigenvalue weighted by atomic mass is 9.96. The van der Waals surface area contributed by atoms with E-state index >= 15 is 0 Å². The lowest BCUT2D eigenvalue weighted by Gasteiger charge is -2.28. The Morgan fingerprint density at radius 3 is 1.97 bits per heavy atom. The number of carbonyl (C=O) groups is 5. The fourth-order valence-electron chi connectivity index (χ4n) is 3.43. The van der Waals surface area contributed by atoms with E-state index in [2.05, 4.69) is 20.9 Å². The number of carboxylic acids is 2. The van der Waals surface area contributed by atoms with Gasteiger partial charge < -0.3 is 49.1 Å². The van der Waals surface area contributed by atoms with Gasteiger partial charge in [0.2, 0.25) is 17.7 Å². The Hall–Kier alpha value is -3.46. The van der Waals surface area contributed by atoms with Gasteiger partial charge in [-0.3, -0.25) is 24.2 Å². The summed E-state index contributed by atoms with van der Waals surface area (Å²) >= 11 is 0. The highest BCUT2D eigenvalue weighted by molar-refractivity contribution is 5.94. The molecule has 3 amide bonds. The number of rotatable bonds is 20. The second-order valence-corrected chi connectivity index (χ2v) is 9.10. The van der Waals surface area contributed by atoms with Gasteiger partial charge in [-0.25, -0.2) is 4.79 Å². The van der Waals surface area contributed by atoms with Crippen molar-refractivity contribution in [2.24, 2.45) is 33.8 Å². The van der Waals surface area contributed by atoms with Crippen LogP contribution in [0.15, 0.2) is 4.99 Å². The van der Waals surface area contributed by atoms with Crippen molar-refractivity contribution < 1.29 is 34.2 Å². The van der Waals surface area contributed by atoms with Crippen molar-refractivity contribution in [2.45, 2.75) is 89.4 Å². The number of aliphatic carboxylic acids is 2. The smallest absolute Gasteiger partial charge is 0.326 e. The number of hydrogen-bond donors (Lipinski definition) is 9. The molecule has 13 N–H and O–H groups in total. The summed E-state index contributed by atoms with van der Waals surface area (Å²) in [5.41, 5.74) is 21.8. The van der Waals surface area contributed by atoms with Crippen LogP contribution in [-0.4, -0.2) is 83.1 Å². The second-order valence-electron chi connectivity index (χ2n) is 9.10. The quantitative estimate of drug-likeness (QED) is 0.0456. The van der Waals surface area contributed by atoms with E-state index in [1.807, 2.05) is 6.92 Å². The van der Waals surface area contributed by atoms with Crippen molar-refractivity contribution in [1.82, 2.24) is 16.0 Å². The Balaban J connectivity index is 5.53. The molecule has 15 nitrogen and oxygen atoms in total. The molecule has 0 aromatic heterocycles. The minimum atomic E-state index is -1.25. The van der Waals surface area contributed by atoms with E-state index < -0.39 is 53.8 Å². The Kier molecular flexibility index (Phi) is 17.0. The van der Waals surface area contributed by atoms with Crippen molar-refractivity contribution in [2.75, 3.05) is 13.1 Å². The first-order valence-electron chi connectivity index (χ1n) is 12.7. The maximum atomic E-state index is 13.2. The first-order valence-corrected chi connectivity index (χ1v) is 12.7. The summed E-state index contributed by atoms with van der Waals surface area (Å²) < 4.78 is 0. The molecule has 0 bridgehead atoms. The van der Waals surface area contributed by atoms with E-state index in [0.29, 0.717) is 32.2 Å². The molecule has 0 aromatic rings. The number of hydrogen-bond acceptors (Lipinski definition) is 8. The molecule has 5 unspecified atom stereocenters. The zero-order chi connectivity index (χ0) is 29.3. The summed E-state index contributed by atoms with van der Waals surface area (Å²) in [7, 11) is 0. The molecule has 0 fully saturated rings. The number of nitrogens with two attached hydrogens (primary N) is 4. The SMILES string of the molecule is CCC(C)C(NC(=O)C(N)CCC(=O)O)C(=O)NC(CCCCN)C(=O)NC(CCCN=C(N)N)C(=O)O. The maximum Gasteiger partial charge on any atom is 0.326 e. The Morgan fingerprint density at radius 2 is 1.45 bits per heavy atom. The van der Waals surface area contributed by atoms with Crippen LogP contribution in [0.5, 0.6) is 0 Å². The molecular weight excluding hydrogens is 500 g/mol. The van der Waals surface area contributed by atoms with E-state index in [4.69, 9.17) is 28.0 Å². The number of carbonyl (C=O) groups excluding carboxylic acids is 3. The first-order chi connectivity index (χ1) is 17.8. The number of nitrogens with one attached hydrogen (secondary N) is 3. The fraction of sp³-hybridized carbons (Fsp3) is 0.739. The second kappa shape index (κ2) is 18.7. The topological polar surface area (TPSA) is 278 Å². The molecular formula is C23H44N8O7. The molecule has 0 saturated carbocycles. The molecule has 0 aliphatic carbocycles. The highest BCUT2D eigenvalue weighted by Gasteiger charge is 2.32. The van der Waals surface area contributed by atoms with Crippen LogP contribution in [-0.2, 0) is 24.0 Å². The summed E-state index contributed by atoms with van der Waals surface area (Å²) in [6, 6.07) is -4.51. The van der Waals surface area contributed by atoms with Crippen molar-refractivity contribution >= 4 is 35.6 Å². The molecule has 0 spiro atoms. The highest BCUT2D eigenvalue weighted by atomic mass is 16.4. The van der Waals surface area contributed by atoms with E-state index in [0.717, 1.165) is 0 Å². The molecule has 5 atom stereocenters. The summed E-state index contributed by atoms with van der Waals surface area (Å²) in [5.74, 6) is -4.87. The summed E-state index contributed by atoms with van der Waals surface area (Å²) in [6.45, 7) is 4.09. The fourth-order valence-corrected chi connectivity index (χ4v) is 3.43. The molecule has 0 aliphatic rings. The number of aliphatic imine (C=N–C) groups is 1. The highest BCUT2D eigenvalue weighted by Crippen LogP contribution is 2.11. The third-order valence-corrected chi connectivity index (χ3v) is 5.94. The van der Waals surface area contributed by atoms with Gasteiger partial charge in [-0.2, -0.15) is 0 Å². The van der Waals surface area contributed by atoms with Crippen LogP contribution in [0.2, 0.25) is 0 Å². The van der Waals surface area contributed by atoms with Crippen molar-refractivity contribution in [3.05, 3.63) is 0 Å². The van der Waals surface area contributed by atoms with E-state index in [-0.39, 0.29) is 44.1 Å². The molecule has 38 heavy (non-hydrogen) atoms. The molecule has 0 aliphatic heterocycles. The summed E-state index contributed by atoms with van der Waals surface area (Å²) in [6.07, 6.45) is 1.68. The molecule has 0 radical (unpaired) electrons. The van der Waals surface area contributed by atoms with Gasteiger partial charge >= 0.3 is 11.9 Å². The average molecular weight is 545 g/mol. The van der Waals surface area contributed by atoms with Crippen LogP contribution < -0.4 is 38.9 Å². The van der Waals surface area contributed by atoms with E-state index in [1.54, 1.807) is 6.92 Å². The van der Waals surface area contributed by atoms with Gasteiger partial charge in [0.1, 0.15) is 18.1 Å². The normalized spacial score (nSPS) is 14.7. The largest absolute Gasteiger partial charge is 0.481 e. The average Bonchev–Trinajstić information content (AvgIpc) is 2.85. The molecule has 0 saturated heterocycles. The van der Waals surface area contributed by atoms with Crippen molar-refractivity contribution in [3.63, 3.8) is 0 Å². The summed E-state index contributed by atoms with van der Waals surface area (Å²) in [5, 5.41) is 26.0. The van der Waals surface area contributed by atoms with Crippen LogP contribution in [0.25, 0.3) is 0 Å². The van der Waals surface area contributed by atoms with Gasteiger partial charge in [-0.15, -0.1) is 0 Å². The number of nitrogens with zero attached hydrogens (tertiary/aromatic N) is 1. The number of unbranched alkanes of at least 4 members (excludes halogenated alkanes) is 1. The van der Waals surface area contributed by atoms with Crippen LogP contribution in [0.1, 0.15) is 65.2 Å². The third-order valence-electron chi connectivity index (χ3n) is 5.94. The Bertz CT molecular complexity index is 820. The predicted molar refractivity (Wildman–Crippen MR) is 141 cm³/mol. The number of guanidine groups is 1. The van der Waals surface area contributed by atoms with Gasteiger partial charge in [0.15, 0.2) is 5.96 Å². The summed E-state index contributed by atoms with van der Waals surface area (Å²) in [4.78, 5) is 65.0. The molecule has 0 rings (SSSR count). The monoisotopic (exact) mass is 544 g/mol. The van der Waals surface area contributed by atoms with Crippen LogP contribution in [0.4, 0.5) is 0 Å². The Labute approximate surface area is 222 Å². The van der Waals surface area contributed by atoms with Gasteiger partial charge in [0, 0.05) is 13.0 Å².